The molecule has 114 valence electrons. The number of thiazole rings is 1. The first kappa shape index (κ1) is 16.5. The van der Waals surface area contributed by atoms with E-state index in [1.54, 1.807) is 19.2 Å². The quantitative estimate of drug-likeness (QED) is 0.668. The monoisotopic (exact) mass is 380 g/mol. The molecule has 3 aromatic rings. The topological polar surface area (TPSA) is 34.1 Å². The summed E-state index contributed by atoms with van der Waals surface area (Å²) in [6.45, 7) is 0. The summed E-state index contributed by atoms with van der Waals surface area (Å²) >= 11 is 1.49. The Bertz CT molecular complexity index is 746. The third kappa shape index (κ3) is 3.64. The van der Waals surface area contributed by atoms with Crippen molar-refractivity contribution in [3.63, 3.8) is 0 Å². The number of nitrogens with zero attached hydrogens (tertiary/aromatic N) is 1. The van der Waals surface area contributed by atoms with Gasteiger partial charge in [-0.25, -0.2) is 9.37 Å². The van der Waals surface area contributed by atoms with Crippen molar-refractivity contribution in [3.8, 4) is 17.0 Å². The molecule has 3 rings (SSSR count). The largest absolute Gasteiger partial charge is 0.495 e. The fourth-order valence-electron chi connectivity index (χ4n) is 1.95. The van der Waals surface area contributed by atoms with Gasteiger partial charge in [0.2, 0.25) is 0 Å². The Balaban J connectivity index is 0.00000176. The zero-order valence-corrected chi connectivity index (χ0v) is 14.3. The average molecular weight is 381 g/mol. The minimum absolute atomic E-state index is 0. The fourth-order valence-corrected chi connectivity index (χ4v) is 2.68. The molecule has 0 aliphatic carbocycles. The number of para-hydroxylation sites is 2. The van der Waals surface area contributed by atoms with Gasteiger partial charge in [-0.1, -0.05) is 12.1 Å². The molecule has 0 atom stereocenters. The summed E-state index contributed by atoms with van der Waals surface area (Å²) in [5.74, 6) is 0.511. The van der Waals surface area contributed by atoms with Gasteiger partial charge in [-0.15, -0.1) is 28.3 Å². The Kier molecular flexibility index (Phi) is 5.51. The lowest BCUT2D eigenvalue weighted by Gasteiger charge is -2.08. The van der Waals surface area contributed by atoms with Crippen molar-refractivity contribution in [1.29, 1.82) is 0 Å². The van der Waals surface area contributed by atoms with Crippen molar-refractivity contribution in [2.24, 2.45) is 0 Å². The highest BCUT2D eigenvalue weighted by molar-refractivity contribution is 8.93. The van der Waals surface area contributed by atoms with E-state index < -0.39 is 0 Å². The van der Waals surface area contributed by atoms with Gasteiger partial charge in [0.15, 0.2) is 5.13 Å². The maximum atomic E-state index is 12.9. The third-order valence-electron chi connectivity index (χ3n) is 2.99. The molecule has 0 radical (unpaired) electrons. The summed E-state index contributed by atoms with van der Waals surface area (Å²) < 4.78 is 18.2. The Morgan fingerprint density at radius 2 is 1.82 bits per heavy atom. The van der Waals surface area contributed by atoms with Crippen LogP contribution in [0.15, 0.2) is 53.9 Å². The first-order valence-corrected chi connectivity index (χ1v) is 7.26. The Hall–Kier alpha value is -1.92. The SMILES string of the molecule is Br.COc1ccccc1Nc1nc(-c2ccc(F)cc2)cs1. The van der Waals surface area contributed by atoms with Crippen LogP contribution < -0.4 is 10.1 Å². The molecule has 6 heteroatoms. The van der Waals surface area contributed by atoms with Crippen molar-refractivity contribution >= 4 is 39.1 Å². The molecule has 0 aliphatic rings. The van der Waals surface area contributed by atoms with Gasteiger partial charge < -0.3 is 10.1 Å². The van der Waals surface area contributed by atoms with Gasteiger partial charge in [0.25, 0.3) is 0 Å². The molecule has 0 aliphatic heterocycles. The van der Waals surface area contributed by atoms with E-state index in [9.17, 15) is 4.39 Å². The number of rotatable bonds is 4. The Morgan fingerprint density at radius 1 is 1.09 bits per heavy atom. The van der Waals surface area contributed by atoms with Gasteiger partial charge in [0, 0.05) is 10.9 Å². The molecule has 0 amide bonds. The minimum Gasteiger partial charge on any atom is -0.495 e. The average Bonchev–Trinajstić information content (AvgIpc) is 2.97. The molecule has 0 saturated carbocycles. The van der Waals surface area contributed by atoms with Crippen molar-refractivity contribution in [2.75, 3.05) is 12.4 Å². The summed E-state index contributed by atoms with van der Waals surface area (Å²) in [4.78, 5) is 4.51. The van der Waals surface area contributed by atoms with Crippen molar-refractivity contribution in [2.45, 2.75) is 0 Å². The maximum Gasteiger partial charge on any atom is 0.187 e. The summed E-state index contributed by atoms with van der Waals surface area (Å²) in [6.07, 6.45) is 0. The molecule has 1 heterocycles. The molecular weight excluding hydrogens is 367 g/mol. The maximum absolute atomic E-state index is 12.9. The van der Waals surface area contributed by atoms with Crippen LogP contribution in [0.3, 0.4) is 0 Å². The number of methoxy groups -OCH3 is 1. The third-order valence-corrected chi connectivity index (χ3v) is 3.75. The minimum atomic E-state index is -0.249. The van der Waals surface area contributed by atoms with Crippen molar-refractivity contribution in [3.05, 3.63) is 59.7 Å². The molecule has 22 heavy (non-hydrogen) atoms. The summed E-state index contributed by atoms with van der Waals surface area (Å²) in [5, 5.41) is 5.93. The van der Waals surface area contributed by atoms with E-state index in [1.807, 2.05) is 29.6 Å². The number of benzene rings is 2. The van der Waals surface area contributed by atoms with E-state index in [2.05, 4.69) is 10.3 Å². The molecule has 0 unspecified atom stereocenters. The van der Waals surface area contributed by atoms with Gasteiger partial charge in [-0.05, 0) is 36.4 Å². The second-order valence-corrected chi connectivity index (χ2v) is 5.23. The molecule has 0 saturated heterocycles. The number of hydrogen-bond donors (Lipinski definition) is 1. The molecule has 1 aromatic heterocycles. The van der Waals surface area contributed by atoms with Gasteiger partial charge in [-0.3, -0.25) is 0 Å². The second kappa shape index (κ2) is 7.38. The van der Waals surface area contributed by atoms with Crippen LogP contribution in [0.25, 0.3) is 11.3 Å². The van der Waals surface area contributed by atoms with E-state index >= 15 is 0 Å². The lowest BCUT2D eigenvalue weighted by atomic mass is 10.2. The highest BCUT2D eigenvalue weighted by Crippen LogP contribution is 2.31. The van der Waals surface area contributed by atoms with Crippen LogP contribution in [-0.2, 0) is 0 Å². The molecule has 0 fully saturated rings. The van der Waals surface area contributed by atoms with Crippen LogP contribution in [0.1, 0.15) is 0 Å². The van der Waals surface area contributed by atoms with Crippen LogP contribution in [-0.4, -0.2) is 12.1 Å². The zero-order valence-electron chi connectivity index (χ0n) is 11.7. The summed E-state index contributed by atoms with van der Waals surface area (Å²) in [7, 11) is 1.63. The molecule has 0 bridgehead atoms. The van der Waals surface area contributed by atoms with Crippen LogP contribution in [0, 0.1) is 5.82 Å². The fraction of sp³-hybridized carbons (Fsp3) is 0.0625. The number of halogens is 2. The van der Waals surface area contributed by atoms with Gasteiger partial charge in [0.1, 0.15) is 11.6 Å². The number of nitrogens with one attached hydrogen (secondary N) is 1. The van der Waals surface area contributed by atoms with Crippen LogP contribution in [0.5, 0.6) is 5.75 Å². The van der Waals surface area contributed by atoms with E-state index in [-0.39, 0.29) is 22.8 Å². The predicted octanol–water partition coefficient (Wildman–Crippen LogP) is 5.28. The van der Waals surface area contributed by atoms with Crippen LogP contribution in [0.4, 0.5) is 15.2 Å². The normalized spacial score (nSPS) is 9.91. The first-order chi connectivity index (χ1) is 10.3. The molecule has 2 aromatic carbocycles. The van der Waals surface area contributed by atoms with E-state index in [1.165, 1.54) is 23.5 Å². The van der Waals surface area contributed by atoms with Gasteiger partial charge in [-0.2, -0.15) is 0 Å². The molecular formula is C16H14BrFN2OS. The lowest BCUT2D eigenvalue weighted by Crippen LogP contribution is -1.93. The van der Waals surface area contributed by atoms with Crippen LogP contribution >= 0.6 is 28.3 Å². The van der Waals surface area contributed by atoms with E-state index in [0.717, 1.165) is 27.8 Å². The van der Waals surface area contributed by atoms with Gasteiger partial charge >= 0.3 is 0 Å². The number of anilines is 2. The van der Waals surface area contributed by atoms with Crippen molar-refractivity contribution < 1.29 is 9.13 Å². The van der Waals surface area contributed by atoms with Gasteiger partial charge in [0.05, 0.1) is 18.5 Å². The lowest BCUT2D eigenvalue weighted by molar-refractivity contribution is 0.417. The smallest absolute Gasteiger partial charge is 0.187 e. The highest BCUT2D eigenvalue weighted by atomic mass is 79.9. The Morgan fingerprint density at radius 3 is 2.55 bits per heavy atom. The number of aromatic nitrogens is 1. The molecule has 1 N–H and O–H groups in total. The molecule has 0 spiro atoms. The summed E-state index contributed by atoms with van der Waals surface area (Å²) in [5.41, 5.74) is 2.57. The highest BCUT2D eigenvalue weighted by Gasteiger charge is 2.07. The first-order valence-electron chi connectivity index (χ1n) is 6.38. The zero-order chi connectivity index (χ0) is 14.7. The second-order valence-electron chi connectivity index (χ2n) is 4.37. The number of ether oxygens (including phenoxy) is 1. The standard InChI is InChI=1S/C16H13FN2OS.BrH/c1-20-15-5-3-2-4-13(15)18-16-19-14(10-21-16)11-6-8-12(17)9-7-11;/h2-10H,1H3,(H,18,19);1H. The predicted molar refractivity (Wildman–Crippen MR) is 94.1 cm³/mol. The van der Waals surface area contributed by atoms with E-state index in [0.29, 0.717) is 0 Å². The van der Waals surface area contributed by atoms with E-state index in [4.69, 9.17) is 4.74 Å². The van der Waals surface area contributed by atoms with Crippen molar-refractivity contribution in [1.82, 2.24) is 4.98 Å². The Labute approximate surface area is 142 Å². The summed E-state index contributed by atoms with van der Waals surface area (Å²) in [6, 6.07) is 14.0. The van der Waals surface area contributed by atoms with Crippen LogP contribution in [0.2, 0.25) is 0 Å². The number of hydrogen-bond acceptors (Lipinski definition) is 4. The molecule has 3 nitrogen and oxygen atoms in total.